The molecular formula is C16H18O3. The maximum Gasteiger partial charge on any atom is 0.122 e. The number of methoxy groups -OCH3 is 2. The lowest BCUT2D eigenvalue weighted by Crippen LogP contribution is -2.03. The van der Waals surface area contributed by atoms with E-state index in [0.717, 1.165) is 16.7 Å². The van der Waals surface area contributed by atoms with E-state index in [0.29, 0.717) is 11.5 Å². The van der Waals surface area contributed by atoms with Crippen molar-refractivity contribution in [3.05, 3.63) is 59.2 Å². The molecule has 0 spiro atoms. The van der Waals surface area contributed by atoms with Gasteiger partial charge in [0.25, 0.3) is 0 Å². The molecule has 100 valence electrons. The molecule has 3 nitrogen and oxygen atoms in total. The van der Waals surface area contributed by atoms with E-state index in [1.165, 1.54) is 0 Å². The number of ether oxygens (including phenoxy) is 2. The van der Waals surface area contributed by atoms with Crippen LogP contribution in [0.15, 0.2) is 42.5 Å². The fourth-order valence-electron chi connectivity index (χ4n) is 2.06. The van der Waals surface area contributed by atoms with Crippen LogP contribution in [-0.2, 0) is 0 Å². The monoisotopic (exact) mass is 258 g/mol. The minimum atomic E-state index is -0.690. The summed E-state index contributed by atoms with van der Waals surface area (Å²) < 4.78 is 10.4. The second kappa shape index (κ2) is 5.76. The van der Waals surface area contributed by atoms with Crippen molar-refractivity contribution in [3.63, 3.8) is 0 Å². The van der Waals surface area contributed by atoms with Gasteiger partial charge < -0.3 is 14.6 Å². The smallest absolute Gasteiger partial charge is 0.122 e. The van der Waals surface area contributed by atoms with Gasteiger partial charge in [0.2, 0.25) is 0 Å². The predicted octanol–water partition coefficient (Wildman–Crippen LogP) is 3.09. The number of benzene rings is 2. The molecule has 0 aliphatic rings. The first-order valence-electron chi connectivity index (χ1n) is 6.12. The van der Waals surface area contributed by atoms with Gasteiger partial charge >= 0.3 is 0 Å². The zero-order valence-electron chi connectivity index (χ0n) is 11.4. The van der Waals surface area contributed by atoms with Gasteiger partial charge in [-0.3, -0.25) is 0 Å². The number of aliphatic hydroxyl groups excluding tert-OH is 1. The van der Waals surface area contributed by atoms with E-state index in [4.69, 9.17) is 9.47 Å². The maximum absolute atomic E-state index is 10.5. The predicted molar refractivity (Wildman–Crippen MR) is 74.8 cm³/mol. The molecule has 0 amide bonds. The molecule has 0 radical (unpaired) electrons. The molecular weight excluding hydrogens is 240 g/mol. The molecule has 2 rings (SSSR count). The van der Waals surface area contributed by atoms with Crippen molar-refractivity contribution in [2.75, 3.05) is 14.2 Å². The third-order valence-electron chi connectivity index (χ3n) is 3.17. The minimum absolute atomic E-state index is 0.669. The lowest BCUT2D eigenvalue weighted by Gasteiger charge is -2.16. The highest BCUT2D eigenvalue weighted by atomic mass is 16.5. The molecule has 0 saturated heterocycles. The van der Waals surface area contributed by atoms with Crippen LogP contribution in [0.25, 0.3) is 0 Å². The van der Waals surface area contributed by atoms with Gasteiger partial charge in [-0.05, 0) is 35.7 Å². The van der Waals surface area contributed by atoms with Crippen LogP contribution in [0.1, 0.15) is 22.8 Å². The summed E-state index contributed by atoms with van der Waals surface area (Å²) in [5, 5.41) is 10.5. The molecule has 0 fully saturated rings. The molecule has 0 aliphatic heterocycles. The average Bonchev–Trinajstić information content (AvgIpc) is 2.46. The third-order valence-corrected chi connectivity index (χ3v) is 3.17. The Bertz CT molecular complexity index is 541. The Morgan fingerprint density at radius 3 is 2.05 bits per heavy atom. The highest BCUT2D eigenvalue weighted by Crippen LogP contribution is 2.30. The van der Waals surface area contributed by atoms with Crippen molar-refractivity contribution in [2.24, 2.45) is 0 Å². The topological polar surface area (TPSA) is 38.7 Å². The van der Waals surface area contributed by atoms with Gasteiger partial charge in [0.05, 0.1) is 14.2 Å². The minimum Gasteiger partial charge on any atom is -0.497 e. The first-order chi connectivity index (χ1) is 9.15. The molecule has 2 aromatic rings. The Morgan fingerprint density at radius 1 is 0.947 bits per heavy atom. The van der Waals surface area contributed by atoms with Crippen LogP contribution < -0.4 is 9.47 Å². The summed E-state index contributed by atoms with van der Waals surface area (Å²) in [7, 11) is 3.19. The van der Waals surface area contributed by atoms with E-state index in [1.54, 1.807) is 20.3 Å². The van der Waals surface area contributed by atoms with Crippen LogP contribution >= 0.6 is 0 Å². The number of rotatable bonds is 4. The maximum atomic E-state index is 10.5. The molecule has 1 unspecified atom stereocenters. The summed E-state index contributed by atoms with van der Waals surface area (Å²) in [6.45, 7) is 1.98. The van der Waals surface area contributed by atoms with Crippen molar-refractivity contribution < 1.29 is 14.6 Å². The lowest BCUT2D eigenvalue weighted by atomic mass is 9.97. The highest BCUT2D eigenvalue weighted by molar-refractivity contribution is 5.43. The summed E-state index contributed by atoms with van der Waals surface area (Å²) in [5.74, 6) is 1.34. The molecule has 3 heteroatoms. The Morgan fingerprint density at radius 2 is 1.53 bits per heavy atom. The number of hydrogen-bond acceptors (Lipinski definition) is 3. The number of aliphatic hydroxyl groups is 1. The zero-order chi connectivity index (χ0) is 13.8. The molecule has 0 saturated carbocycles. The van der Waals surface area contributed by atoms with Crippen LogP contribution in [0.4, 0.5) is 0 Å². The summed E-state index contributed by atoms with van der Waals surface area (Å²) in [5.41, 5.74) is 2.69. The Balaban J connectivity index is 2.43. The second-order valence-electron chi connectivity index (χ2n) is 4.41. The first-order valence-corrected chi connectivity index (χ1v) is 6.12. The van der Waals surface area contributed by atoms with Crippen molar-refractivity contribution in [2.45, 2.75) is 13.0 Å². The van der Waals surface area contributed by atoms with Crippen LogP contribution in [0.3, 0.4) is 0 Å². The van der Waals surface area contributed by atoms with Crippen LogP contribution in [0.5, 0.6) is 11.5 Å². The molecule has 0 bridgehead atoms. The Labute approximate surface area is 113 Å². The van der Waals surface area contributed by atoms with Crippen molar-refractivity contribution in [1.29, 1.82) is 0 Å². The van der Waals surface area contributed by atoms with Crippen LogP contribution in [-0.4, -0.2) is 19.3 Å². The van der Waals surface area contributed by atoms with Gasteiger partial charge in [0.1, 0.15) is 17.6 Å². The fraction of sp³-hybridized carbons (Fsp3) is 0.250. The molecule has 0 aliphatic carbocycles. The quantitative estimate of drug-likeness (QED) is 0.915. The normalized spacial score (nSPS) is 12.0. The molecule has 0 aromatic heterocycles. The van der Waals surface area contributed by atoms with Crippen LogP contribution in [0.2, 0.25) is 0 Å². The van der Waals surface area contributed by atoms with E-state index in [2.05, 4.69) is 0 Å². The van der Waals surface area contributed by atoms with E-state index in [9.17, 15) is 5.11 Å². The van der Waals surface area contributed by atoms with Gasteiger partial charge in [-0.1, -0.05) is 24.3 Å². The lowest BCUT2D eigenvalue weighted by molar-refractivity contribution is 0.218. The molecule has 2 aromatic carbocycles. The largest absolute Gasteiger partial charge is 0.497 e. The summed E-state index contributed by atoms with van der Waals surface area (Å²) in [6.07, 6.45) is -0.690. The summed E-state index contributed by atoms with van der Waals surface area (Å²) in [4.78, 5) is 0. The summed E-state index contributed by atoms with van der Waals surface area (Å²) >= 11 is 0. The SMILES string of the molecule is COc1cc(OC)cc(C(O)c2ccccc2C)c1. The van der Waals surface area contributed by atoms with Gasteiger partial charge in [0.15, 0.2) is 0 Å². The van der Waals surface area contributed by atoms with E-state index < -0.39 is 6.10 Å². The van der Waals surface area contributed by atoms with Crippen molar-refractivity contribution >= 4 is 0 Å². The van der Waals surface area contributed by atoms with Gasteiger partial charge in [-0.2, -0.15) is 0 Å². The fourth-order valence-corrected chi connectivity index (χ4v) is 2.06. The molecule has 1 N–H and O–H groups in total. The molecule has 19 heavy (non-hydrogen) atoms. The Kier molecular flexibility index (Phi) is 4.07. The molecule has 1 atom stereocenters. The number of aryl methyl sites for hydroxylation is 1. The molecule has 0 heterocycles. The van der Waals surface area contributed by atoms with E-state index in [1.807, 2.05) is 43.3 Å². The highest BCUT2D eigenvalue weighted by Gasteiger charge is 2.14. The van der Waals surface area contributed by atoms with Gasteiger partial charge in [0, 0.05) is 6.07 Å². The third kappa shape index (κ3) is 2.88. The van der Waals surface area contributed by atoms with E-state index >= 15 is 0 Å². The summed E-state index contributed by atoms with van der Waals surface area (Å²) in [6, 6.07) is 13.2. The van der Waals surface area contributed by atoms with E-state index in [-0.39, 0.29) is 0 Å². The number of hydrogen-bond donors (Lipinski definition) is 1. The first kappa shape index (κ1) is 13.4. The van der Waals surface area contributed by atoms with Gasteiger partial charge in [-0.25, -0.2) is 0 Å². The average molecular weight is 258 g/mol. The zero-order valence-corrected chi connectivity index (χ0v) is 11.4. The standard InChI is InChI=1S/C16H18O3/c1-11-6-4-5-7-15(11)16(17)12-8-13(18-2)10-14(9-12)19-3/h4-10,16-17H,1-3H3. The van der Waals surface area contributed by atoms with Crippen LogP contribution in [0, 0.1) is 6.92 Å². The van der Waals surface area contributed by atoms with Crippen molar-refractivity contribution in [1.82, 2.24) is 0 Å². The van der Waals surface area contributed by atoms with Gasteiger partial charge in [-0.15, -0.1) is 0 Å². The Hall–Kier alpha value is -2.00. The second-order valence-corrected chi connectivity index (χ2v) is 4.41. The van der Waals surface area contributed by atoms with Crippen molar-refractivity contribution in [3.8, 4) is 11.5 Å².